The number of sulfonamides is 1. The van der Waals surface area contributed by atoms with Crippen LogP contribution in [0.25, 0.3) is 6.08 Å². The molecule has 2 rings (SSSR count). The molecule has 0 atom stereocenters. The Bertz CT molecular complexity index is 889. The van der Waals surface area contributed by atoms with Gasteiger partial charge in [0.25, 0.3) is 0 Å². The van der Waals surface area contributed by atoms with E-state index in [2.05, 4.69) is 4.72 Å². The number of carbonyl (C=O) groups is 1. The Labute approximate surface area is 159 Å². The quantitative estimate of drug-likeness (QED) is 0.527. The maximum absolute atomic E-state index is 11.9. The van der Waals surface area contributed by atoms with Gasteiger partial charge in [-0.15, -0.1) is 0 Å². The number of hydrogen-bond donors (Lipinski definition) is 1. The minimum atomic E-state index is -3.73. The second-order valence-electron chi connectivity index (χ2n) is 5.91. The van der Waals surface area contributed by atoms with Crippen molar-refractivity contribution in [3.05, 3.63) is 70.6 Å². The van der Waals surface area contributed by atoms with Crippen molar-refractivity contribution in [1.29, 1.82) is 0 Å². The van der Waals surface area contributed by atoms with E-state index < -0.39 is 22.5 Å². The molecule has 0 saturated carbocycles. The monoisotopic (exact) mass is 389 g/mol. The number of carbonyl (C=O) groups excluding carboxylic acids is 1. The molecule has 1 N–H and O–H groups in total. The van der Waals surface area contributed by atoms with Gasteiger partial charge < -0.3 is 9.47 Å². The maximum Gasteiger partial charge on any atom is 0.321 e. The lowest BCUT2D eigenvalue weighted by Gasteiger charge is -2.09. The second kappa shape index (κ2) is 9.89. The van der Waals surface area contributed by atoms with Crippen LogP contribution in [-0.4, -0.2) is 34.1 Å². The number of benzene rings is 2. The Morgan fingerprint density at radius 2 is 1.74 bits per heavy atom. The first-order chi connectivity index (χ1) is 12.9. The lowest BCUT2D eigenvalue weighted by molar-refractivity contribution is -0.142. The van der Waals surface area contributed by atoms with E-state index in [0.29, 0.717) is 0 Å². The maximum atomic E-state index is 11.9. The normalized spacial score (nSPS) is 11.5. The standard InChI is InChI=1S/C20H23NO5S/c1-16-7-9-18(10-8-16)11-14-27(23,24)21-15-20(22)26-13-12-25-19-6-4-3-5-17(19)2/h3-11,14,21H,12-13,15H2,1-2H3/b14-11+. The van der Waals surface area contributed by atoms with Crippen LogP contribution < -0.4 is 9.46 Å². The molecule has 6 nitrogen and oxygen atoms in total. The van der Waals surface area contributed by atoms with E-state index in [-0.39, 0.29) is 13.2 Å². The number of nitrogens with one attached hydrogen (secondary N) is 1. The first-order valence-corrected chi connectivity index (χ1v) is 9.99. The van der Waals surface area contributed by atoms with E-state index in [1.54, 1.807) is 0 Å². The van der Waals surface area contributed by atoms with Crippen LogP contribution in [0.15, 0.2) is 53.9 Å². The van der Waals surface area contributed by atoms with Crippen LogP contribution in [0.3, 0.4) is 0 Å². The summed E-state index contributed by atoms with van der Waals surface area (Å²) in [4.78, 5) is 11.7. The van der Waals surface area contributed by atoms with Crippen molar-refractivity contribution in [2.24, 2.45) is 0 Å². The zero-order valence-electron chi connectivity index (χ0n) is 15.3. The third-order valence-corrected chi connectivity index (χ3v) is 4.67. The summed E-state index contributed by atoms with van der Waals surface area (Å²) in [5, 5.41) is 1.02. The Hall–Kier alpha value is -2.64. The van der Waals surface area contributed by atoms with E-state index >= 15 is 0 Å². The molecular weight excluding hydrogens is 366 g/mol. The van der Waals surface area contributed by atoms with Crippen molar-refractivity contribution in [3.8, 4) is 5.75 Å². The lowest BCUT2D eigenvalue weighted by Crippen LogP contribution is -2.30. The van der Waals surface area contributed by atoms with Crippen LogP contribution in [0, 0.1) is 13.8 Å². The molecule has 27 heavy (non-hydrogen) atoms. The zero-order chi connectivity index (χ0) is 19.7. The van der Waals surface area contributed by atoms with Gasteiger partial charge in [0, 0.05) is 5.41 Å². The summed E-state index contributed by atoms with van der Waals surface area (Å²) in [6, 6.07) is 14.9. The molecular formula is C20H23NO5S. The molecule has 0 amide bonds. The summed E-state index contributed by atoms with van der Waals surface area (Å²) in [7, 11) is -3.73. The average Bonchev–Trinajstić information content (AvgIpc) is 2.65. The molecule has 0 saturated heterocycles. The van der Waals surface area contributed by atoms with E-state index in [0.717, 1.165) is 27.8 Å². The SMILES string of the molecule is Cc1ccc(/C=C/S(=O)(=O)NCC(=O)OCCOc2ccccc2C)cc1. The number of esters is 1. The van der Waals surface area contributed by atoms with Gasteiger partial charge in [0.05, 0.1) is 0 Å². The minimum absolute atomic E-state index is 0.0358. The van der Waals surface area contributed by atoms with Gasteiger partial charge in [-0.2, -0.15) is 0 Å². The predicted molar refractivity (Wildman–Crippen MR) is 105 cm³/mol. The Morgan fingerprint density at radius 1 is 1.04 bits per heavy atom. The smallest absolute Gasteiger partial charge is 0.321 e. The topological polar surface area (TPSA) is 81.7 Å². The van der Waals surface area contributed by atoms with Gasteiger partial charge in [0.2, 0.25) is 10.0 Å². The van der Waals surface area contributed by atoms with Crippen molar-refractivity contribution in [2.45, 2.75) is 13.8 Å². The van der Waals surface area contributed by atoms with Gasteiger partial charge in [-0.1, -0.05) is 48.0 Å². The molecule has 0 radical (unpaired) electrons. The molecule has 0 heterocycles. The number of rotatable bonds is 9. The molecule has 0 aliphatic rings. The molecule has 2 aromatic carbocycles. The highest BCUT2D eigenvalue weighted by molar-refractivity contribution is 7.92. The van der Waals surface area contributed by atoms with E-state index in [9.17, 15) is 13.2 Å². The summed E-state index contributed by atoms with van der Waals surface area (Å²) < 4.78 is 36.4. The van der Waals surface area contributed by atoms with Crippen LogP contribution in [0.5, 0.6) is 5.75 Å². The fourth-order valence-corrected chi connectivity index (χ4v) is 2.88. The van der Waals surface area contributed by atoms with Crippen LogP contribution in [0.2, 0.25) is 0 Å². The fraction of sp³-hybridized carbons (Fsp3) is 0.250. The first kappa shape index (κ1) is 20.7. The molecule has 0 bridgehead atoms. The van der Waals surface area contributed by atoms with Gasteiger partial charge in [0.1, 0.15) is 25.5 Å². The molecule has 2 aromatic rings. The summed E-state index contributed by atoms with van der Waals surface area (Å²) in [6.45, 7) is 3.65. The Balaban J connectivity index is 1.70. The molecule has 7 heteroatoms. The van der Waals surface area contributed by atoms with Crippen molar-refractivity contribution >= 4 is 22.1 Å². The highest BCUT2D eigenvalue weighted by Gasteiger charge is 2.10. The van der Waals surface area contributed by atoms with Gasteiger partial charge in [-0.05, 0) is 37.1 Å². The molecule has 0 fully saturated rings. The van der Waals surface area contributed by atoms with Crippen molar-refractivity contribution in [3.63, 3.8) is 0 Å². The van der Waals surface area contributed by atoms with Crippen LogP contribution >= 0.6 is 0 Å². The van der Waals surface area contributed by atoms with Crippen LogP contribution in [0.1, 0.15) is 16.7 Å². The Morgan fingerprint density at radius 3 is 2.44 bits per heavy atom. The molecule has 0 unspecified atom stereocenters. The molecule has 0 spiro atoms. The summed E-state index contributed by atoms with van der Waals surface area (Å²) >= 11 is 0. The highest BCUT2D eigenvalue weighted by Crippen LogP contribution is 2.15. The van der Waals surface area contributed by atoms with Crippen LogP contribution in [0.4, 0.5) is 0 Å². The number of hydrogen-bond acceptors (Lipinski definition) is 5. The van der Waals surface area contributed by atoms with Gasteiger partial charge in [0.15, 0.2) is 0 Å². The average molecular weight is 389 g/mol. The third kappa shape index (κ3) is 7.64. The molecule has 0 aliphatic heterocycles. The van der Waals surface area contributed by atoms with Crippen LogP contribution in [-0.2, 0) is 19.6 Å². The highest BCUT2D eigenvalue weighted by atomic mass is 32.2. The third-order valence-electron chi connectivity index (χ3n) is 3.63. The van der Waals surface area contributed by atoms with E-state index in [1.807, 2.05) is 62.4 Å². The summed E-state index contributed by atoms with van der Waals surface area (Å²) in [5.74, 6) is 0.0474. The first-order valence-electron chi connectivity index (χ1n) is 8.44. The molecule has 144 valence electrons. The van der Waals surface area contributed by atoms with Gasteiger partial charge in [-0.25, -0.2) is 13.1 Å². The minimum Gasteiger partial charge on any atom is -0.490 e. The second-order valence-corrected chi connectivity index (χ2v) is 7.56. The molecule has 0 aliphatic carbocycles. The summed E-state index contributed by atoms with van der Waals surface area (Å²) in [6.07, 6.45) is 1.46. The zero-order valence-corrected chi connectivity index (χ0v) is 16.2. The van der Waals surface area contributed by atoms with Gasteiger partial charge >= 0.3 is 5.97 Å². The Kier molecular flexibility index (Phi) is 7.57. The number of aryl methyl sites for hydroxylation is 2. The van der Waals surface area contributed by atoms with E-state index in [1.165, 1.54) is 6.08 Å². The van der Waals surface area contributed by atoms with Crippen molar-refractivity contribution < 1.29 is 22.7 Å². The molecule has 0 aromatic heterocycles. The number of ether oxygens (including phenoxy) is 2. The van der Waals surface area contributed by atoms with Crippen molar-refractivity contribution in [1.82, 2.24) is 4.72 Å². The largest absolute Gasteiger partial charge is 0.490 e. The van der Waals surface area contributed by atoms with Crippen molar-refractivity contribution in [2.75, 3.05) is 19.8 Å². The summed E-state index contributed by atoms with van der Waals surface area (Å²) in [5.41, 5.74) is 2.82. The number of para-hydroxylation sites is 1. The lowest BCUT2D eigenvalue weighted by atomic mass is 10.2. The van der Waals surface area contributed by atoms with E-state index in [4.69, 9.17) is 9.47 Å². The fourth-order valence-electron chi connectivity index (χ4n) is 2.13. The van der Waals surface area contributed by atoms with Gasteiger partial charge in [-0.3, -0.25) is 4.79 Å². The predicted octanol–water partition coefficient (Wildman–Crippen LogP) is 2.82.